The van der Waals surface area contributed by atoms with Crippen LogP contribution in [-0.2, 0) is 32.6 Å². The van der Waals surface area contributed by atoms with Gasteiger partial charge in [-0.15, -0.1) is 0 Å². The summed E-state index contributed by atoms with van der Waals surface area (Å²) in [5.74, 6) is -1.69. The number of nitrogens with one attached hydrogen (secondary N) is 1. The molecular weight excluding hydrogens is 613 g/mol. The van der Waals surface area contributed by atoms with Crippen LogP contribution < -0.4 is 9.62 Å². The molecule has 0 fully saturated rings. The summed E-state index contributed by atoms with van der Waals surface area (Å²) in [5.41, 5.74) is 2.57. The summed E-state index contributed by atoms with van der Waals surface area (Å²) in [5, 5.41) is 2.72. The van der Waals surface area contributed by atoms with Crippen molar-refractivity contribution < 1.29 is 22.4 Å². The first-order valence-corrected chi connectivity index (χ1v) is 16.5. The molecule has 0 aliphatic heterocycles. The van der Waals surface area contributed by atoms with Gasteiger partial charge in [-0.3, -0.25) is 13.9 Å². The van der Waals surface area contributed by atoms with Crippen LogP contribution in [0.25, 0.3) is 0 Å². The summed E-state index contributed by atoms with van der Waals surface area (Å²) in [7, 11) is -4.32. The molecule has 236 valence electrons. The Hall–Kier alpha value is -4.21. The molecule has 0 radical (unpaired) electrons. The van der Waals surface area contributed by atoms with E-state index < -0.39 is 34.3 Å². The molecule has 0 unspecified atom stereocenters. The van der Waals surface area contributed by atoms with Gasteiger partial charge in [0.2, 0.25) is 11.8 Å². The van der Waals surface area contributed by atoms with Gasteiger partial charge in [0, 0.05) is 19.0 Å². The van der Waals surface area contributed by atoms with Crippen molar-refractivity contribution in [2.24, 2.45) is 0 Å². The number of hydrogen-bond acceptors (Lipinski definition) is 4. The van der Waals surface area contributed by atoms with Gasteiger partial charge in [-0.2, -0.15) is 0 Å². The van der Waals surface area contributed by atoms with E-state index >= 15 is 0 Å². The van der Waals surface area contributed by atoms with E-state index in [9.17, 15) is 22.4 Å². The Morgan fingerprint density at radius 2 is 1.53 bits per heavy atom. The maximum atomic E-state index is 14.5. The molecule has 0 aliphatic rings. The van der Waals surface area contributed by atoms with Crippen LogP contribution in [0.2, 0.25) is 5.02 Å². The number of sulfonamides is 1. The van der Waals surface area contributed by atoms with Gasteiger partial charge in [0.05, 0.1) is 15.6 Å². The first-order chi connectivity index (χ1) is 21.5. The summed E-state index contributed by atoms with van der Waals surface area (Å²) in [6, 6.07) is 26.9. The van der Waals surface area contributed by atoms with E-state index in [0.29, 0.717) is 6.42 Å². The summed E-state index contributed by atoms with van der Waals surface area (Å²) in [6.07, 6.45) is 0.887. The Labute approximate surface area is 269 Å². The van der Waals surface area contributed by atoms with E-state index in [4.69, 9.17) is 11.6 Å². The number of anilines is 1. The molecule has 2 atom stereocenters. The molecule has 1 N–H and O–H groups in total. The Balaban J connectivity index is 1.83. The Morgan fingerprint density at radius 3 is 2.16 bits per heavy atom. The molecular formula is C35H37ClFN3O4S. The third kappa shape index (κ3) is 8.49. The average molecular weight is 650 g/mol. The number of hydrogen-bond donors (Lipinski definition) is 1. The van der Waals surface area contributed by atoms with E-state index in [-0.39, 0.29) is 40.5 Å². The maximum Gasteiger partial charge on any atom is 0.264 e. The molecule has 4 aromatic rings. The van der Waals surface area contributed by atoms with E-state index in [0.717, 1.165) is 27.1 Å². The fourth-order valence-electron chi connectivity index (χ4n) is 4.85. The lowest BCUT2D eigenvalue weighted by atomic mass is 10.0. The second-order valence-electron chi connectivity index (χ2n) is 10.9. The largest absolute Gasteiger partial charge is 0.352 e. The zero-order valence-corrected chi connectivity index (χ0v) is 27.1. The minimum absolute atomic E-state index is 0.0121. The highest BCUT2D eigenvalue weighted by Crippen LogP contribution is 2.28. The van der Waals surface area contributed by atoms with Crippen LogP contribution >= 0.6 is 11.6 Å². The third-order valence-electron chi connectivity index (χ3n) is 7.68. The van der Waals surface area contributed by atoms with Crippen molar-refractivity contribution in [3.05, 3.63) is 131 Å². The molecule has 10 heteroatoms. The van der Waals surface area contributed by atoms with Crippen molar-refractivity contribution in [1.29, 1.82) is 0 Å². The van der Waals surface area contributed by atoms with E-state index in [2.05, 4.69) is 5.32 Å². The smallest absolute Gasteiger partial charge is 0.264 e. The molecule has 0 spiro atoms. The summed E-state index contributed by atoms with van der Waals surface area (Å²) >= 11 is 6.08. The zero-order valence-electron chi connectivity index (χ0n) is 25.5. The number of carbonyl (C=O) groups excluding carboxylic acids is 2. The number of halogens is 2. The van der Waals surface area contributed by atoms with Crippen LogP contribution in [0, 0.1) is 12.7 Å². The molecule has 0 aliphatic carbocycles. The lowest BCUT2D eigenvalue weighted by Gasteiger charge is -2.34. The van der Waals surface area contributed by atoms with Crippen molar-refractivity contribution >= 4 is 39.1 Å². The molecule has 7 nitrogen and oxygen atoms in total. The molecule has 0 bridgehead atoms. The van der Waals surface area contributed by atoms with Crippen LogP contribution in [0.15, 0.2) is 108 Å². The van der Waals surface area contributed by atoms with Gasteiger partial charge in [0.25, 0.3) is 10.0 Å². The third-order valence-corrected chi connectivity index (χ3v) is 9.75. The molecule has 2 amide bonds. The summed E-state index contributed by atoms with van der Waals surface area (Å²) in [4.78, 5) is 29.8. The quantitative estimate of drug-likeness (QED) is 0.178. The van der Waals surface area contributed by atoms with Gasteiger partial charge in [-0.05, 0) is 67.3 Å². The number of carbonyl (C=O) groups is 2. The SMILES string of the molecule is CC[C@@H](C)NC(=O)[C@@H](Cc1ccccc1)N(Cc1ccccc1C)C(=O)CN(c1ccc(F)c(Cl)c1)S(=O)(=O)c1ccccc1. The number of rotatable bonds is 13. The molecule has 0 heterocycles. The van der Waals surface area contributed by atoms with E-state index in [1.807, 2.05) is 75.4 Å². The van der Waals surface area contributed by atoms with Crippen LogP contribution in [-0.4, -0.2) is 43.8 Å². The minimum Gasteiger partial charge on any atom is -0.352 e. The second-order valence-corrected chi connectivity index (χ2v) is 13.2. The average Bonchev–Trinajstić information content (AvgIpc) is 3.04. The van der Waals surface area contributed by atoms with E-state index in [1.165, 1.54) is 29.2 Å². The number of benzene rings is 4. The van der Waals surface area contributed by atoms with Gasteiger partial charge in [-0.25, -0.2) is 12.8 Å². The normalized spacial score (nSPS) is 12.6. The van der Waals surface area contributed by atoms with Crippen LogP contribution in [0.4, 0.5) is 10.1 Å². The predicted molar refractivity (Wildman–Crippen MR) is 176 cm³/mol. The van der Waals surface area contributed by atoms with Gasteiger partial charge in [-0.1, -0.05) is 91.3 Å². The highest BCUT2D eigenvalue weighted by atomic mass is 35.5. The number of amides is 2. The van der Waals surface area contributed by atoms with E-state index in [1.54, 1.807) is 18.2 Å². The topological polar surface area (TPSA) is 86.8 Å². The monoisotopic (exact) mass is 649 g/mol. The highest BCUT2D eigenvalue weighted by Gasteiger charge is 2.35. The van der Waals surface area contributed by atoms with Crippen molar-refractivity contribution in [2.75, 3.05) is 10.8 Å². The lowest BCUT2D eigenvalue weighted by molar-refractivity contribution is -0.140. The number of aryl methyl sites for hydroxylation is 1. The minimum atomic E-state index is -4.32. The van der Waals surface area contributed by atoms with Crippen molar-refractivity contribution in [1.82, 2.24) is 10.2 Å². The first kappa shape index (κ1) is 33.7. The second kappa shape index (κ2) is 15.2. The van der Waals surface area contributed by atoms with Crippen LogP contribution in [0.1, 0.15) is 37.0 Å². The predicted octanol–water partition coefficient (Wildman–Crippen LogP) is 6.54. The maximum absolute atomic E-state index is 14.5. The summed E-state index contributed by atoms with van der Waals surface area (Å²) in [6.45, 7) is 5.15. The summed E-state index contributed by atoms with van der Waals surface area (Å²) < 4.78 is 43.1. The number of nitrogens with zero attached hydrogens (tertiary/aromatic N) is 2. The van der Waals surface area contributed by atoms with Crippen LogP contribution in [0.5, 0.6) is 0 Å². The van der Waals surface area contributed by atoms with Crippen LogP contribution in [0.3, 0.4) is 0 Å². The van der Waals surface area contributed by atoms with Crippen molar-refractivity contribution in [2.45, 2.75) is 57.1 Å². The van der Waals surface area contributed by atoms with Gasteiger partial charge < -0.3 is 10.2 Å². The fourth-order valence-corrected chi connectivity index (χ4v) is 6.46. The van der Waals surface area contributed by atoms with Gasteiger partial charge in [0.15, 0.2) is 0 Å². The molecule has 0 saturated carbocycles. The molecule has 0 aromatic heterocycles. The van der Waals surface area contributed by atoms with Crippen molar-refractivity contribution in [3.63, 3.8) is 0 Å². The molecule has 0 saturated heterocycles. The molecule has 4 aromatic carbocycles. The van der Waals surface area contributed by atoms with Gasteiger partial charge in [0.1, 0.15) is 18.4 Å². The molecule has 4 rings (SSSR count). The Bertz CT molecular complexity index is 1720. The lowest BCUT2D eigenvalue weighted by Crippen LogP contribution is -2.54. The highest BCUT2D eigenvalue weighted by molar-refractivity contribution is 7.92. The Morgan fingerprint density at radius 1 is 0.911 bits per heavy atom. The standard InChI is InChI=1S/C35H37ClFN3O4S/c1-4-26(3)38-35(42)33(21-27-14-7-5-8-15-27)39(23-28-16-12-11-13-25(28)2)34(41)24-40(29-19-20-32(37)31(36)22-29)45(43,44)30-17-9-6-10-18-30/h5-20,22,26,33H,4,21,23-24H2,1-3H3,(H,38,42)/t26-,33-/m1/s1. The first-order valence-electron chi connectivity index (χ1n) is 14.7. The Kier molecular flexibility index (Phi) is 11.4. The molecule has 45 heavy (non-hydrogen) atoms. The van der Waals surface area contributed by atoms with Crippen molar-refractivity contribution in [3.8, 4) is 0 Å². The fraction of sp³-hybridized carbons (Fsp3) is 0.257. The van der Waals surface area contributed by atoms with Gasteiger partial charge >= 0.3 is 0 Å². The zero-order chi connectivity index (χ0) is 32.6.